The third-order valence-corrected chi connectivity index (χ3v) is 1.37. The summed E-state index contributed by atoms with van der Waals surface area (Å²) >= 11 is 0. The van der Waals surface area contributed by atoms with Gasteiger partial charge in [0.05, 0.1) is 13.2 Å². The minimum absolute atomic E-state index is 0.608. The maximum atomic E-state index is 10.8. The molecule has 0 spiro atoms. The van der Waals surface area contributed by atoms with Crippen LogP contribution in [0.2, 0.25) is 0 Å². The van der Waals surface area contributed by atoms with Crippen LogP contribution < -0.4 is 0 Å². The fourth-order valence-electron chi connectivity index (χ4n) is 0.752. The number of aliphatic hydroxyl groups is 2. The Morgan fingerprint density at radius 2 is 1.33 bits per heavy atom. The lowest BCUT2D eigenvalue weighted by molar-refractivity contribution is -0.200. The predicted molar refractivity (Wildman–Crippen MR) is 33.9 cm³/mol. The van der Waals surface area contributed by atoms with Crippen LogP contribution in [0.15, 0.2) is 0 Å². The summed E-state index contributed by atoms with van der Waals surface area (Å²) in [7, 11) is 0. The molecule has 2 atom stereocenters. The van der Waals surface area contributed by atoms with Crippen molar-refractivity contribution in [3.63, 3.8) is 0 Å². The number of esters is 2. The minimum Gasteiger partial charge on any atom is -0.445 e. The highest BCUT2D eigenvalue weighted by Crippen LogP contribution is 2.09. The molecule has 2 N–H and O–H groups in total. The Morgan fingerprint density at radius 1 is 1.00 bits per heavy atom. The number of carbonyl (C=O) groups excluding carboxylic acids is 2. The second-order valence-corrected chi connectivity index (χ2v) is 2.22. The Hall–Kier alpha value is -1.14. The van der Waals surface area contributed by atoms with Crippen LogP contribution in [-0.4, -0.2) is 47.6 Å². The van der Waals surface area contributed by atoms with E-state index < -0.39 is 37.4 Å². The first kappa shape index (κ1) is 8.95. The molecule has 0 bridgehead atoms. The van der Waals surface area contributed by atoms with Crippen LogP contribution >= 0.6 is 0 Å². The molecule has 0 amide bonds. The maximum Gasteiger partial charge on any atom is 0.350 e. The van der Waals surface area contributed by atoms with E-state index >= 15 is 0 Å². The number of cyclic esters (lactones) is 2. The summed E-state index contributed by atoms with van der Waals surface area (Å²) in [6, 6.07) is 0. The van der Waals surface area contributed by atoms with E-state index in [9.17, 15) is 9.59 Å². The lowest BCUT2D eigenvalue weighted by Crippen LogP contribution is -2.47. The molecule has 0 saturated carbocycles. The number of rotatable bonds is 2. The molecular formula is C6H8O6. The smallest absolute Gasteiger partial charge is 0.350 e. The molecule has 6 heteroatoms. The van der Waals surface area contributed by atoms with Gasteiger partial charge in [-0.1, -0.05) is 0 Å². The monoisotopic (exact) mass is 176 g/mol. The van der Waals surface area contributed by atoms with Gasteiger partial charge in [-0.2, -0.15) is 0 Å². The van der Waals surface area contributed by atoms with E-state index in [4.69, 9.17) is 10.2 Å². The van der Waals surface area contributed by atoms with Crippen molar-refractivity contribution in [2.75, 3.05) is 13.2 Å². The zero-order valence-electron chi connectivity index (χ0n) is 6.10. The number of carbonyl (C=O) groups is 2. The number of hydrogen-bond acceptors (Lipinski definition) is 6. The fraction of sp³-hybridized carbons (Fsp3) is 0.667. The number of ether oxygens (including phenoxy) is 2. The van der Waals surface area contributed by atoms with Gasteiger partial charge in [0.25, 0.3) is 0 Å². The van der Waals surface area contributed by atoms with Crippen LogP contribution in [0.5, 0.6) is 0 Å². The molecule has 1 fully saturated rings. The van der Waals surface area contributed by atoms with Crippen LogP contribution in [0.25, 0.3) is 0 Å². The molecule has 1 heterocycles. The lowest BCUT2D eigenvalue weighted by atomic mass is 10.3. The Kier molecular flexibility index (Phi) is 2.61. The summed E-state index contributed by atoms with van der Waals surface area (Å²) in [5.74, 6) is -1.67. The topological polar surface area (TPSA) is 93.1 Å². The van der Waals surface area contributed by atoms with Crippen LogP contribution in [0.3, 0.4) is 0 Å². The van der Waals surface area contributed by atoms with E-state index in [-0.39, 0.29) is 0 Å². The van der Waals surface area contributed by atoms with Crippen molar-refractivity contribution < 1.29 is 29.3 Å². The standard InChI is InChI=1S/C6H8O6/c7-1-3-5(9)12-4(2-8)6(10)11-3/h3-4,7-8H,1-2H2. The first-order valence-electron chi connectivity index (χ1n) is 3.31. The first-order valence-corrected chi connectivity index (χ1v) is 3.31. The molecule has 12 heavy (non-hydrogen) atoms. The average Bonchev–Trinajstić information content (AvgIpc) is 2.08. The number of aliphatic hydroxyl groups excluding tert-OH is 2. The zero-order chi connectivity index (χ0) is 9.14. The molecule has 6 nitrogen and oxygen atoms in total. The van der Waals surface area contributed by atoms with E-state index in [1.165, 1.54) is 0 Å². The van der Waals surface area contributed by atoms with Crippen molar-refractivity contribution >= 4 is 11.9 Å². The highest BCUT2D eigenvalue weighted by molar-refractivity contribution is 5.87. The van der Waals surface area contributed by atoms with E-state index in [1.54, 1.807) is 0 Å². The van der Waals surface area contributed by atoms with Crippen molar-refractivity contribution in [3.8, 4) is 0 Å². The molecule has 0 aliphatic carbocycles. The van der Waals surface area contributed by atoms with Gasteiger partial charge < -0.3 is 19.7 Å². The van der Waals surface area contributed by atoms with Crippen LogP contribution in [0.4, 0.5) is 0 Å². The summed E-state index contributed by atoms with van der Waals surface area (Å²) in [6.07, 6.45) is -2.50. The number of hydrogen-bond donors (Lipinski definition) is 2. The molecule has 1 aliphatic rings. The molecular weight excluding hydrogens is 168 g/mol. The van der Waals surface area contributed by atoms with Crippen molar-refractivity contribution in [2.24, 2.45) is 0 Å². The molecule has 1 saturated heterocycles. The first-order chi connectivity index (χ1) is 5.69. The normalized spacial score (nSPS) is 29.5. The van der Waals surface area contributed by atoms with Crippen molar-refractivity contribution in [3.05, 3.63) is 0 Å². The van der Waals surface area contributed by atoms with Crippen LogP contribution in [-0.2, 0) is 19.1 Å². The van der Waals surface area contributed by atoms with Gasteiger partial charge in [0, 0.05) is 0 Å². The summed E-state index contributed by atoms with van der Waals surface area (Å²) in [6.45, 7) is -1.22. The predicted octanol–water partition coefficient (Wildman–Crippen LogP) is -2.19. The average molecular weight is 176 g/mol. The van der Waals surface area contributed by atoms with E-state index in [2.05, 4.69) is 9.47 Å². The second-order valence-electron chi connectivity index (χ2n) is 2.22. The molecule has 68 valence electrons. The maximum absolute atomic E-state index is 10.8. The Labute approximate surface area is 67.7 Å². The molecule has 2 unspecified atom stereocenters. The molecule has 0 radical (unpaired) electrons. The van der Waals surface area contributed by atoms with Crippen molar-refractivity contribution in [1.82, 2.24) is 0 Å². The molecule has 0 aromatic rings. The summed E-state index contributed by atoms with van der Waals surface area (Å²) in [4.78, 5) is 21.5. The van der Waals surface area contributed by atoms with E-state index in [1.807, 2.05) is 0 Å². The Balaban J connectivity index is 2.61. The van der Waals surface area contributed by atoms with Gasteiger partial charge in [-0.25, -0.2) is 9.59 Å². The highest BCUT2D eigenvalue weighted by Gasteiger charge is 2.37. The van der Waals surface area contributed by atoms with Crippen molar-refractivity contribution in [1.29, 1.82) is 0 Å². The van der Waals surface area contributed by atoms with Gasteiger partial charge in [-0.15, -0.1) is 0 Å². The van der Waals surface area contributed by atoms with Gasteiger partial charge in [-0.05, 0) is 0 Å². The van der Waals surface area contributed by atoms with Crippen molar-refractivity contribution in [2.45, 2.75) is 12.2 Å². The molecule has 1 aliphatic heterocycles. The Morgan fingerprint density at radius 3 is 1.58 bits per heavy atom. The highest BCUT2D eigenvalue weighted by atomic mass is 16.7. The largest absolute Gasteiger partial charge is 0.445 e. The van der Waals surface area contributed by atoms with Gasteiger partial charge in [-0.3, -0.25) is 0 Å². The summed E-state index contributed by atoms with van der Waals surface area (Å²) < 4.78 is 8.86. The molecule has 0 aromatic carbocycles. The Bertz CT molecular complexity index is 178. The van der Waals surface area contributed by atoms with E-state index in [0.29, 0.717) is 0 Å². The van der Waals surface area contributed by atoms with Crippen LogP contribution in [0, 0.1) is 0 Å². The fourth-order valence-corrected chi connectivity index (χ4v) is 0.752. The van der Waals surface area contributed by atoms with Gasteiger partial charge in [0.15, 0.2) is 0 Å². The summed E-state index contributed by atoms with van der Waals surface area (Å²) in [5.41, 5.74) is 0. The van der Waals surface area contributed by atoms with Gasteiger partial charge in [0.1, 0.15) is 0 Å². The van der Waals surface area contributed by atoms with Gasteiger partial charge in [0.2, 0.25) is 12.2 Å². The minimum atomic E-state index is -1.25. The summed E-state index contributed by atoms with van der Waals surface area (Å²) in [5, 5.41) is 17.0. The molecule has 0 aromatic heterocycles. The quantitative estimate of drug-likeness (QED) is 0.464. The third kappa shape index (κ3) is 1.54. The lowest BCUT2D eigenvalue weighted by Gasteiger charge is -2.24. The van der Waals surface area contributed by atoms with Crippen LogP contribution in [0.1, 0.15) is 0 Å². The molecule has 1 rings (SSSR count). The third-order valence-electron chi connectivity index (χ3n) is 1.37. The van der Waals surface area contributed by atoms with E-state index in [0.717, 1.165) is 0 Å². The second kappa shape index (κ2) is 3.51. The zero-order valence-corrected chi connectivity index (χ0v) is 6.10. The SMILES string of the molecule is O=C1OC(CO)C(=O)OC1CO. The van der Waals surface area contributed by atoms with Gasteiger partial charge >= 0.3 is 11.9 Å².